The molecule has 156 valence electrons. The highest BCUT2D eigenvalue weighted by Crippen LogP contribution is 2.39. The van der Waals surface area contributed by atoms with E-state index in [0.717, 1.165) is 23.2 Å². The predicted molar refractivity (Wildman–Crippen MR) is 114 cm³/mol. The summed E-state index contributed by atoms with van der Waals surface area (Å²) in [5, 5.41) is 12.5. The second-order valence-electron chi connectivity index (χ2n) is 7.20. The van der Waals surface area contributed by atoms with Crippen molar-refractivity contribution in [3.8, 4) is 5.75 Å². The van der Waals surface area contributed by atoms with Gasteiger partial charge < -0.3 is 19.7 Å². The van der Waals surface area contributed by atoms with Crippen LogP contribution >= 0.6 is 22.9 Å². The van der Waals surface area contributed by atoms with Crippen LogP contribution in [0.1, 0.15) is 34.8 Å². The van der Waals surface area contributed by atoms with Crippen molar-refractivity contribution in [2.75, 3.05) is 7.11 Å². The lowest BCUT2D eigenvalue weighted by Gasteiger charge is -2.17. The second-order valence-corrected chi connectivity index (χ2v) is 8.86. The number of hydrogen-bond donors (Lipinski definition) is 2. The van der Waals surface area contributed by atoms with E-state index in [2.05, 4.69) is 5.32 Å². The Morgan fingerprint density at radius 3 is 2.67 bits per heavy atom. The largest absolute Gasteiger partial charge is 0.508 e. The van der Waals surface area contributed by atoms with Crippen LogP contribution in [-0.4, -0.2) is 34.7 Å². The number of amides is 1. The first-order valence-corrected chi connectivity index (χ1v) is 10.6. The minimum atomic E-state index is -0.984. The number of ether oxygens (including phenoxy) is 1. The Balaban J connectivity index is 1.66. The molecule has 1 unspecified atom stereocenters. The Bertz CT molecular complexity index is 1180. The van der Waals surface area contributed by atoms with E-state index >= 15 is 0 Å². The van der Waals surface area contributed by atoms with Crippen molar-refractivity contribution in [2.45, 2.75) is 31.3 Å². The van der Waals surface area contributed by atoms with Crippen LogP contribution in [-0.2, 0) is 16.0 Å². The summed E-state index contributed by atoms with van der Waals surface area (Å²) in [6.07, 6.45) is 3.65. The molecule has 1 atom stereocenters. The zero-order valence-corrected chi connectivity index (χ0v) is 17.6. The Kier molecular flexibility index (Phi) is 5.53. The minimum absolute atomic E-state index is 0.0384. The number of halogens is 1. The van der Waals surface area contributed by atoms with Crippen LogP contribution in [0.4, 0.5) is 0 Å². The number of carbonyl (C=O) groups is 2. The third-order valence-corrected chi connectivity index (χ3v) is 6.30. The first-order valence-electron chi connectivity index (χ1n) is 9.38. The van der Waals surface area contributed by atoms with Gasteiger partial charge in [-0.3, -0.25) is 9.59 Å². The lowest BCUT2D eigenvalue weighted by molar-refractivity contribution is -0.142. The van der Waals surface area contributed by atoms with Gasteiger partial charge >= 0.3 is 5.97 Å². The molecule has 1 aromatic carbocycles. The number of aromatic nitrogens is 1. The van der Waals surface area contributed by atoms with Crippen LogP contribution in [0.25, 0.3) is 10.2 Å². The number of benzene rings is 1. The number of pyridine rings is 1. The van der Waals surface area contributed by atoms with Gasteiger partial charge in [-0.15, -0.1) is 11.3 Å². The van der Waals surface area contributed by atoms with Crippen molar-refractivity contribution >= 4 is 45.0 Å². The van der Waals surface area contributed by atoms with Crippen molar-refractivity contribution in [2.24, 2.45) is 0 Å². The van der Waals surface area contributed by atoms with Gasteiger partial charge in [0.15, 0.2) is 0 Å². The maximum Gasteiger partial charge on any atom is 0.328 e. The predicted octanol–water partition coefficient (Wildman–Crippen LogP) is 3.27. The van der Waals surface area contributed by atoms with Crippen molar-refractivity contribution in [3.05, 3.63) is 62.2 Å². The van der Waals surface area contributed by atoms with E-state index in [0.29, 0.717) is 9.72 Å². The van der Waals surface area contributed by atoms with Gasteiger partial charge in [0.25, 0.3) is 5.91 Å². The standard InChI is InChI=1S/C21H19ClN2O5S/c1-29-21(28)16(8-11-2-6-13(25)7-3-11)23-19(27)15-10-24(12-4-5-12)20-14(18(15)26)9-17(22)30-20/h2-3,6-7,9-10,12,16,25H,4-5,8H2,1H3,(H,23,27). The number of rotatable bonds is 6. The molecule has 0 bridgehead atoms. The molecule has 7 nitrogen and oxygen atoms in total. The number of nitrogens with one attached hydrogen (secondary N) is 1. The van der Waals surface area contributed by atoms with Gasteiger partial charge in [-0.05, 0) is 36.6 Å². The number of hydrogen-bond acceptors (Lipinski definition) is 6. The van der Waals surface area contributed by atoms with Crippen molar-refractivity contribution in [3.63, 3.8) is 0 Å². The van der Waals surface area contributed by atoms with Crippen LogP contribution in [0, 0.1) is 0 Å². The van der Waals surface area contributed by atoms with Crippen LogP contribution < -0.4 is 10.7 Å². The first kappa shape index (κ1) is 20.4. The molecule has 2 N–H and O–H groups in total. The third kappa shape index (κ3) is 4.06. The molecule has 1 fully saturated rings. The third-order valence-electron chi connectivity index (χ3n) is 5.03. The maximum atomic E-state index is 13.0. The number of carbonyl (C=O) groups excluding carboxylic acids is 2. The molecule has 1 aliphatic rings. The van der Waals surface area contributed by atoms with Crippen LogP contribution in [0.15, 0.2) is 41.3 Å². The lowest BCUT2D eigenvalue weighted by Crippen LogP contribution is -2.44. The fourth-order valence-corrected chi connectivity index (χ4v) is 4.59. The molecule has 0 radical (unpaired) electrons. The smallest absolute Gasteiger partial charge is 0.328 e. The Hall–Kier alpha value is -2.84. The summed E-state index contributed by atoms with van der Waals surface area (Å²) < 4.78 is 7.22. The Labute approximate surface area is 180 Å². The number of fused-ring (bicyclic) bond motifs is 1. The van der Waals surface area contributed by atoms with Gasteiger partial charge in [0.1, 0.15) is 22.2 Å². The highest BCUT2D eigenvalue weighted by atomic mass is 35.5. The highest BCUT2D eigenvalue weighted by Gasteiger charge is 2.29. The normalized spacial score (nSPS) is 14.5. The van der Waals surface area contributed by atoms with Gasteiger partial charge in [-0.2, -0.15) is 0 Å². The quantitative estimate of drug-likeness (QED) is 0.566. The summed E-state index contributed by atoms with van der Waals surface area (Å²) in [6, 6.07) is 7.12. The van der Waals surface area contributed by atoms with E-state index in [4.69, 9.17) is 16.3 Å². The first-order chi connectivity index (χ1) is 14.4. The van der Waals surface area contributed by atoms with Crippen molar-refractivity contribution in [1.82, 2.24) is 9.88 Å². The molecular weight excluding hydrogens is 428 g/mol. The molecule has 2 heterocycles. The van der Waals surface area contributed by atoms with E-state index in [1.807, 2.05) is 4.57 Å². The number of phenols is 1. The van der Waals surface area contributed by atoms with E-state index in [-0.39, 0.29) is 23.8 Å². The molecule has 4 rings (SSSR count). The average molecular weight is 447 g/mol. The molecule has 0 aliphatic heterocycles. The second kappa shape index (κ2) is 8.12. The van der Waals surface area contributed by atoms with E-state index in [1.54, 1.807) is 24.4 Å². The van der Waals surface area contributed by atoms with Crippen molar-refractivity contribution < 1.29 is 19.4 Å². The molecule has 1 saturated carbocycles. The Morgan fingerprint density at radius 1 is 1.33 bits per heavy atom. The molecule has 30 heavy (non-hydrogen) atoms. The summed E-state index contributed by atoms with van der Waals surface area (Å²) in [6.45, 7) is 0. The van der Waals surface area contributed by atoms with Gasteiger partial charge in [0.2, 0.25) is 5.43 Å². The fraction of sp³-hybridized carbons (Fsp3) is 0.286. The SMILES string of the molecule is COC(=O)C(Cc1ccc(O)cc1)NC(=O)c1cn(C2CC2)c2sc(Cl)cc2c1=O. The van der Waals surface area contributed by atoms with Crippen LogP contribution in [0.3, 0.4) is 0 Å². The highest BCUT2D eigenvalue weighted by molar-refractivity contribution is 7.22. The lowest BCUT2D eigenvalue weighted by atomic mass is 10.1. The summed E-state index contributed by atoms with van der Waals surface area (Å²) >= 11 is 7.43. The number of nitrogens with zero attached hydrogens (tertiary/aromatic N) is 1. The van der Waals surface area contributed by atoms with Crippen LogP contribution in [0.5, 0.6) is 5.75 Å². The van der Waals surface area contributed by atoms with Gasteiger partial charge in [0, 0.05) is 18.7 Å². The minimum Gasteiger partial charge on any atom is -0.508 e. The Morgan fingerprint density at radius 2 is 2.03 bits per heavy atom. The zero-order chi connectivity index (χ0) is 21.4. The van der Waals surface area contributed by atoms with Crippen molar-refractivity contribution in [1.29, 1.82) is 0 Å². The molecule has 1 amide bonds. The molecule has 3 aromatic rings. The number of phenolic OH excluding ortho intramolecular Hbond substituents is 1. The molecule has 2 aromatic heterocycles. The van der Waals surface area contributed by atoms with E-state index < -0.39 is 23.3 Å². The van der Waals surface area contributed by atoms with E-state index in [1.165, 1.54) is 30.6 Å². The maximum absolute atomic E-state index is 13.0. The number of aromatic hydroxyl groups is 1. The fourth-order valence-electron chi connectivity index (χ4n) is 3.33. The summed E-state index contributed by atoms with van der Waals surface area (Å²) in [5.41, 5.74) is 0.262. The van der Waals surface area contributed by atoms with E-state index in [9.17, 15) is 19.5 Å². The number of esters is 1. The monoisotopic (exact) mass is 446 g/mol. The molecule has 0 spiro atoms. The summed E-state index contributed by atoms with van der Waals surface area (Å²) in [4.78, 5) is 38.9. The molecule has 9 heteroatoms. The summed E-state index contributed by atoms with van der Waals surface area (Å²) in [7, 11) is 1.23. The zero-order valence-electron chi connectivity index (χ0n) is 16.1. The van der Waals surface area contributed by atoms with Gasteiger partial charge in [0.05, 0.1) is 16.8 Å². The molecule has 1 aliphatic carbocycles. The topological polar surface area (TPSA) is 97.6 Å². The molecular formula is C21H19ClN2O5S. The van der Waals surface area contributed by atoms with Gasteiger partial charge in [-0.1, -0.05) is 23.7 Å². The summed E-state index contributed by atoms with van der Waals surface area (Å²) in [5.74, 6) is -1.17. The number of methoxy groups -OCH3 is 1. The average Bonchev–Trinajstić information content (AvgIpc) is 3.49. The van der Waals surface area contributed by atoms with Crippen LogP contribution in [0.2, 0.25) is 4.34 Å². The number of thiophene rings is 1. The van der Waals surface area contributed by atoms with Gasteiger partial charge in [-0.25, -0.2) is 4.79 Å². The molecule has 0 saturated heterocycles.